The molecule has 4 nitrogen and oxygen atoms in total. The lowest BCUT2D eigenvalue weighted by molar-refractivity contribution is -0.00145. The number of hydrogen-bond donors (Lipinski definition) is 1. The Kier molecular flexibility index (Phi) is 4.12. The topological polar surface area (TPSA) is 51.1 Å². The number of H-pyrrole nitrogens is 1. The predicted molar refractivity (Wildman–Crippen MR) is 62.6 cm³/mol. The third kappa shape index (κ3) is 2.71. The molecule has 16 heavy (non-hydrogen) atoms. The number of hydrogen-bond acceptors (Lipinski definition) is 4. The van der Waals surface area contributed by atoms with Crippen LogP contribution in [0.2, 0.25) is 0 Å². The maximum absolute atomic E-state index is 5.78. The molecule has 0 aliphatic heterocycles. The third-order valence-corrected chi connectivity index (χ3v) is 3.32. The SMILES string of the molecule is CCOC(c1nc(=S)o[nH]1)C1CCCCC1. The molecule has 0 saturated heterocycles. The van der Waals surface area contributed by atoms with Crippen LogP contribution < -0.4 is 0 Å². The van der Waals surface area contributed by atoms with E-state index in [0.29, 0.717) is 12.5 Å². The van der Waals surface area contributed by atoms with Gasteiger partial charge in [-0.1, -0.05) is 19.3 Å². The Balaban J connectivity index is 2.12. The third-order valence-electron chi connectivity index (χ3n) is 3.15. The Morgan fingerprint density at radius 3 is 2.81 bits per heavy atom. The van der Waals surface area contributed by atoms with Crippen molar-refractivity contribution in [1.82, 2.24) is 10.1 Å². The fraction of sp³-hybridized carbons (Fsp3) is 0.818. The zero-order valence-electron chi connectivity index (χ0n) is 9.57. The highest BCUT2D eigenvalue weighted by molar-refractivity contribution is 7.71. The van der Waals surface area contributed by atoms with Crippen molar-refractivity contribution < 1.29 is 9.26 Å². The summed E-state index contributed by atoms with van der Waals surface area (Å²) >= 11 is 4.87. The summed E-state index contributed by atoms with van der Waals surface area (Å²) in [6, 6.07) is 0. The molecular formula is C11H18N2O2S. The van der Waals surface area contributed by atoms with Crippen LogP contribution in [0.5, 0.6) is 0 Å². The molecule has 0 spiro atoms. The summed E-state index contributed by atoms with van der Waals surface area (Å²) < 4.78 is 10.8. The van der Waals surface area contributed by atoms with E-state index in [9.17, 15) is 0 Å². The second kappa shape index (κ2) is 5.59. The van der Waals surface area contributed by atoms with Gasteiger partial charge in [0.1, 0.15) is 6.10 Å². The molecule has 1 heterocycles. The summed E-state index contributed by atoms with van der Waals surface area (Å²) in [6.07, 6.45) is 6.34. The van der Waals surface area contributed by atoms with Crippen LogP contribution in [-0.4, -0.2) is 16.7 Å². The van der Waals surface area contributed by atoms with Gasteiger partial charge in [-0.25, -0.2) is 5.16 Å². The Hall–Kier alpha value is -0.680. The van der Waals surface area contributed by atoms with Crippen molar-refractivity contribution in [2.45, 2.75) is 45.1 Å². The number of aromatic amines is 1. The first-order valence-electron chi connectivity index (χ1n) is 5.98. The van der Waals surface area contributed by atoms with E-state index in [1.807, 2.05) is 6.92 Å². The molecule has 1 aromatic heterocycles. The normalized spacial score (nSPS) is 19.8. The maximum Gasteiger partial charge on any atom is 0.314 e. The minimum Gasteiger partial charge on any atom is -0.370 e. The van der Waals surface area contributed by atoms with Gasteiger partial charge in [-0.3, -0.25) is 0 Å². The molecule has 0 radical (unpaired) electrons. The largest absolute Gasteiger partial charge is 0.370 e. The highest BCUT2D eigenvalue weighted by Gasteiger charge is 2.28. The lowest BCUT2D eigenvalue weighted by Crippen LogP contribution is -2.20. The van der Waals surface area contributed by atoms with E-state index in [-0.39, 0.29) is 10.9 Å². The van der Waals surface area contributed by atoms with Crippen molar-refractivity contribution >= 4 is 12.2 Å². The number of nitrogens with one attached hydrogen (secondary N) is 1. The van der Waals surface area contributed by atoms with Crippen LogP contribution in [0.4, 0.5) is 0 Å². The molecule has 1 unspecified atom stereocenters. The lowest BCUT2D eigenvalue weighted by Gasteiger charge is -2.28. The standard InChI is InChI=1S/C11H18N2O2S/c1-2-14-9(8-6-4-3-5-7-8)10-12-11(16)15-13-10/h8-9H,2-7H2,1H3,(H,12,13,16). The molecule has 1 aliphatic carbocycles. The predicted octanol–water partition coefficient (Wildman–Crippen LogP) is 3.39. The van der Waals surface area contributed by atoms with Crippen LogP contribution in [0.1, 0.15) is 51.0 Å². The molecular weight excluding hydrogens is 224 g/mol. The van der Waals surface area contributed by atoms with Gasteiger partial charge in [-0.05, 0) is 37.9 Å². The van der Waals surface area contributed by atoms with Gasteiger partial charge in [-0.15, -0.1) is 0 Å². The average Bonchev–Trinajstić information content (AvgIpc) is 2.74. The minimum atomic E-state index is 0.0192. The molecule has 1 aliphatic rings. The summed E-state index contributed by atoms with van der Waals surface area (Å²) in [5, 5.41) is 2.77. The number of rotatable bonds is 4. The van der Waals surface area contributed by atoms with Gasteiger partial charge in [0.2, 0.25) is 0 Å². The molecule has 2 rings (SSSR count). The summed E-state index contributed by atoms with van der Waals surface area (Å²) in [7, 11) is 0. The van der Waals surface area contributed by atoms with Crippen LogP contribution in [0.25, 0.3) is 0 Å². The van der Waals surface area contributed by atoms with Crippen LogP contribution in [-0.2, 0) is 4.74 Å². The first kappa shape index (κ1) is 11.8. The summed E-state index contributed by atoms with van der Waals surface area (Å²) in [5.41, 5.74) is 0. The summed E-state index contributed by atoms with van der Waals surface area (Å²) in [4.78, 5) is 4.43. The van der Waals surface area contributed by atoms with Crippen molar-refractivity contribution in [2.24, 2.45) is 5.92 Å². The van der Waals surface area contributed by atoms with E-state index in [1.54, 1.807) is 0 Å². The van der Waals surface area contributed by atoms with E-state index < -0.39 is 0 Å². The summed E-state index contributed by atoms with van der Waals surface area (Å²) in [6.45, 7) is 2.69. The second-order valence-corrected chi connectivity index (χ2v) is 4.59. The van der Waals surface area contributed by atoms with Gasteiger partial charge in [0.25, 0.3) is 0 Å². The Labute approximate surface area is 100 Å². The zero-order chi connectivity index (χ0) is 11.4. The summed E-state index contributed by atoms with van der Waals surface area (Å²) in [5.74, 6) is 1.29. The molecule has 1 fully saturated rings. The number of aromatic nitrogens is 2. The highest BCUT2D eigenvalue weighted by Crippen LogP contribution is 2.35. The van der Waals surface area contributed by atoms with Crippen LogP contribution in [0.3, 0.4) is 0 Å². The molecule has 5 heteroatoms. The molecule has 90 valence electrons. The molecule has 0 aromatic carbocycles. The van der Waals surface area contributed by atoms with E-state index in [1.165, 1.54) is 32.1 Å². The molecule has 1 atom stereocenters. The fourth-order valence-corrected chi connectivity index (χ4v) is 2.56. The molecule has 0 bridgehead atoms. The maximum atomic E-state index is 5.78. The van der Waals surface area contributed by atoms with Crippen LogP contribution in [0, 0.1) is 10.8 Å². The smallest absolute Gasteiger partial charge is 0.314 e. The van der Waals surface area contributed by atoms with E-state index >= 15 is 0 Å². The van der Waals surface area contributed by atoms with Gasteiger partial charge >= 0.3 is 4.84 Å². The Bertz CT molecular complexity index is 368. The number of nitrogens with zero attached hydrogens (tertiary/aromatic N) is 1. The molecule has 0 amide bonds. The molecule has 1 aromatic rings. The van der Waals surface area contributed by atoms with Gasteiger partial charge in [0.15, 0.2) is 5.82 Å². The van der Waals surface area contributed by atoms with Gasteiger partial charge in [-0.2, -0.15) is 4.98 Å². The minimum absolute atomic E-state index is 0.0192. The van der Waals surface area contributed by atoms with Crippen molar-refractivity contribution in [2.75, 3.05) is 6.61 Å². The van der Waals surface area contributed by atoms with Crippen molar-refractivity contribution in [3.05, 3.63) is 10.7 Å². The van der Waals surface area contributed by atoms with Gasteiger partial charge < -0.3 is 9.26 Å². The zero-order valence-corrected chi connectivity index (χ0v) is 10.4. The van der Waals surface area contributed by atoms with E-state index in [2.05, 4.69) is 10.1 Å². The van der Waals surface area contributed by atoms with Crippen molar-refractivity contribution in [1.29, 1.82) is 0 Å². The van der Waals surface area contributed by atoms with Gasteiger partial charge in [0.05, 0.1) is 0 Å². The second-order valence-electron chi connectivity index (χ2n) is 4.24. The fourth-order valence-electron chi connectivity index (χ4n) is 2.42. The van der Waals surface area contributed by atoms with Crippen LogP contribution >= 0.6 is 12.2 Å². The first-order valence-corrected chi connectivity index (χ1v) is 6.39. The van der Waals surface area contributed by atoms with Gasteiger partial charge in [0, 0.05) is 6.61 Å². The van der Waals surface area contributed by atoms with Crippen molar-refractivity contribution in [3.63, 3.8) is 0 Å². The first-order chi connectivity index (χ1) is 7.81. The Morgan fingerprint density at radius 1 is 1.50 bits per heavy atom. The Morgan fingerprint density at radius 2 is 2.25 bits per heavy atom. The van der Waals surface area contributed by atoms with Crippen molar-refractivity contribution in [3.8, 4) is 0 Å². The average molecular weight is 242 g/mol. The quantitative estimate of drug-likeness (QED) is 0.822. The molecule has 1 N–H and O–H groups in total. The molecule has 1 saturated carbocycles. The highest BCUT2D eigenvalue weighted by atomic mass is 32.1. The van der Waals surface area contributed by atoms with E-state index in [4.69, 9.17) is 21.5 Å². The van der Waals surface area contributed by atoms with E-state index in [0.717, 1.165) is 5.82 Å². The lowest BCUT2D eigenvalue weighted by atomic mass is 9.85. The van der Waals surface area contributed by atoms with Crippen LogP contribution in [0.15, 0.2) is 4.52 Å². The monoisotopic (exact) mass is 242 g/mol. The number of ether oxygens (including phenoxy) is 1.